The number of benzene rings is 2. The number of hydrogen-bond acceptors (Lipinski definition) is 1. The Balaban J connectivity index is 2.06. The van der Waals surface area contributed by atoms with Gasteiger partial charge < -0.3 is 0 Å². The third-order valence-electron chi connectivity index (χ3n) is 5.05. The van der Waals surface area contributed by atoms with E-state index in [-0.39, 0.29) is 5.56 Å². The number of allylic oxidation sites excluding steroid dienone is 4. The fraction of sp³-hybridized carbons (Fsp3) is 0.208. The van der Waals surface area contributed by atoms with Gasteiger partial charge in [-0.05, 0) is 54.8 Å². The molecular weight excluding hydrogens is 318 g/mol. The van der Waals surface area contributed by atoms with Crippen LogP contribution in [0.3, 0.4) is 0 Å². The molecule has 2 nitrogen and oxygen atoms in total. The summed E-state index contributed by atoms with van der Waals surface area (Å²) in [6, 6.07) is 16.7. The number of aryl methyl sites for hydroxylation is 2. The lowest BCUT2D eigenvalue weighted by molar-refractivity contribution is 0.895. The number of nitrogens with zero attached hydrogens (tertiary/aromatic N) is 1. The fourth-order valence-electron chi connectivity index (χ4n) is 3.78. The molecule has 0 saturated carbocycles. The highest BCUT2D eigenvalue weighted by molar-refractivity contribution is 5.96. The lowest BCUT2D eigenvalue weighted by atomic mass is 9.97. The second-order valence-corrected chi connectivity index (χ2v) is 6.88. The molecule has 2 aromatic carbocycles. The van der Waals surface area contributed by atoms with E-state index in [0.717, 1.165) is 52.6 Å². The van der Waals surface area contributed by atoms with E-state index >= 15 is 0 Å². The minimum Gasteiger partial charge on any atom is -0.281 e. The summed E-state index contributed by atoms with van der Waals surface area (Å²) < 4.78 is 1.90. The summed E-state index contributed by atoms with van der Waals surface area (Å²) in [4.78, 5) is 13.6. The Morgan fingerprint density at radius 2 is 1.88 bits per heavy atom. The van der Waals surface area contributed by atoms with Crippen molar-refractivity contribution in [2.75, 3.05) is 0 Å². The summed E-state index contributed by atoms with van der Waals surface area (Å²) in [5.74, 6) is 0. The van der Waals surface area contributed by atoms with Crippen LogP contribution < -0.4 is 5.56 Å². The van der Waals surface area contributed by atoms with Gasteiger partial charge in [-0.15, -0.1) is 0 Å². The molecule has 0 fully saturated rings. The summed E-state index contributed by atoms with van der Waals surface area (Å²) in [6.45, 7) is 4.19. The maximum atomic E-state index is 13.6. The predicted octanol–water partition coefficient (Wildman–Crippen LogP) is 5.73. The highest BCUT2D eigenvalue weighted by Crippen LogP contribution is 2.29. The van der Waals surface area contributed by atoms with Gasteiger partial charge in [0.2, 0.25) is 0 Å². The molecule has 4 rings (SSSR count). The maximum absolute atomic E-state index is 13.6. The molecule has 0 atom stereocenters. The molecule has 0 amide bonds. The molecular formula is C24H23NO. The van der Waals surface area contributed by atoms with E-state index in [0.29, 0.717) is 0 Å². The van der Waals surface area contributed by atoms with Gasteiger partial charge >= 0.3 is 0 Å². The van der Waals surface area contributed by atoms with Gasteiger partial charge in [-0.3, -0.25) is 9.36 Å². The van der Waals surface area contributed by atoms with Gasteiger partial charge in [0.1, 0.15) is 0 Å². The first-order valence-corrected chi connectivity index (χ1v) is 9.31. The van der Waals surface area contributed by atoms with Gasteiger partial charge in [-0.1, -0.05) is 67.1 Å². The average molecular weight is 341 g/mol. The molecule has 1 aromatic heterocycles. The van der Waals surface area contributed by atoms with Crippen LogP contribution in [-0.4, -0.2) is 4.57 Å². The van der Waals surface area contributed by atoms with Crippen LogP contribution in [0, 0.1) is 6.92 Å². The first-order chi connectivity index (χ1) is 12.7. The average Bonchev–Trinajstić information content (AvgIpc) is 2.68. The van der Waals surface area contributed by atoms with E-state index in [1.165, 1.54) is 5.56 Å². The van der Waals surface area contributed by atoms with E-state index < -0.39 is 0 Å². The summed E-state index contributed by atoms with van der Waals surface area (Å²) in [7, 11) is 0. The van der Waals surface area contributed by atoms with E-state index in [1.807, 2.05) is 16.7 Å². The van der Waals surface area contributed by atoms with Gasteiger partial charge in [0.15, 0.2) is 0 Å². The molecule has 3 aromatic rings. The maximum Gasteiger partial charge on any atom is 0.263 e. The molecule has 0 N–H and O–H groups in total. The largest absolute Gasteiger partial charge is 0.281 e. The number of hydrogen-bond donors (Lipinski definition) is 0. The first-order valence-electron chi connectivity index (χ1n) is 9.31. The molecule has 0 unspecified atom stereocenters. The highest BCUT2D eigenvalue weighted by atomic mass is 16.1. The standard InChI is InChI=1S/C24H23NO/c1-3-20-16-19-11-8-14-22(18-10-7-9-17(2)15-18)23(19)24(26)25(20)21-12-5-4-6-13-21/h5,7-16H,3-4,6H2,1-2H3. The Labute approximate surface area is 154 Å². The summed E-state index contributed by atoms with van der Waals surface area (Å²) in [6.07, 6.45) is 9.25. The van der Waals surface area contributed by atoms with Gasteiger partial charge in [0.05, 0.1) is 5.39 Å². The summed E-state index contributed by atoms with van der Waals surface area (Å²) in [5.41, 5.74) is 5.43. The van der Waals surface area contributed by atoms with Crippen molar-refractivity contribution in [1.29, 1.82) is 0 Å². The molecule has 0 saturated heterocycles. The van der Waals surface area contributed by atoms with Crippen LogP contribution >= 0.6 is 0 Å². The Morgan fingerprint density at radius 3 is 2.62 bits per heavy atom. The lowest BCUT2D eigenvalue weighted by Gasteiger charge is -2.17. The molecule has 1 heterocycles. The molecule has 0 radical (unpaired) electrons. The number of aromatic nitrogens is 1. The van der Waals surface area contributed by atoms with Crippen molar-refractivity contribution in [3.8, 4) is 11.1 Å². The molecule has 0 aliphatic heterocycles. The van der Waals surface area contributed by atoms with Gasteiger partial charge in [-0.25, -0.2) is 0 Å². The van der Waals surface area contributed by atoms with Crippen molar-refractivity contribution in [2.45, 2.75) is 33.1 Å². The van der Waals surface area contributed by atoms with E-state index in [1.54, 1.807) is 0 Å². The number of fused-ring (bicyclic) bond motifs is 1. The monoisotopic (exact) mass is 341 g/mol. The first kappa shape index (κ1) is 16.6. The van der Waals surface area contributed by atoms with Crippen molar-refractivity contribution in [3.05, 3.63) is 88.4 Å². The zero-order valence-corrected chi connectivity index (χ0v) is 15.3. The second-order valence-electron chi connectivity index (χ2n) is 6.88. The topological polar surface area (TPSA) is 22.0 Å². The normalized spacial score (nSPS) is 13.8. The SMILES string of the molecule is CCc1cc2cccc(-c3cccc(C)c3)c2c(=O)n1C1=CCCC=C1. The van der Waals surface area contributed by atoms with Crippen molar-refractivity contribution >= 4 is 16.5 Å². The third-order valence-corrected chi connectivity index (χ3v) is 5.05. The van der Waals surface area contributed by atoms with Crippen LogP contribution in [0.4, 0.5) is 0 Å². The van der Waals surface area contributed by atoms with Crippen molar-refractivity contribution in [3.63, 3.8) is 0 Å². The predicted molar refractivity (Wildman–Crippen MR) is 110 cm³/mol. The number of rotatable bonds is 3. The Hall–Kier alpha value is -2.87. The van der Waals surface area contributed by atoms with Gasteiger partial charge in [0.25, 0.3) is 5.56 Å². The Kier molecular flexibility index (Phi) is 4.34. The molecule has 2 heteroatoms. The van der Waals surface area contributed by atoms with Crippen molar-refractivity contribution in [2.24, 2.45) is 0 Å². The molecule has 0 spiro atoms. The fourth-order valence-corrected chi connectivity index (χ4v) is 3.78. The second kappa shape index (κ2) is 6.80. The minimum absolute atomic E-state index is 0.0780. The summed E-state index contributed by atoms with van der Waals surface area (Å²) >= 11 is 0. The van der Waals surface area contributed by atoms with E-state index in [4.69, 9.17) is 0 Å². The van der Waals surface area contributed by atoms with Crippen LogP contribution in [-0.2, 0) is 6.42 Å². The zero-order chi connectivity index (χ0) is 18.1. The zero-order valence-electron chi connectivity index (χ0n) is 15.3. The molecule has 0 bridgehead atoms. The van der Waals surface area contributed by atoms with Crippen molar-refractivity contribution in [1.82, 2.24) is 4.57 Å². The summed E-state index contributed by atoms with van der Waals surface area (Å²) in [5, 5.41) is 1.82. The lowest BCUT2D eigenvalue weighted by Crippen LogP contribution is -2.23. The van der Waals surface area contributed by atoms with Crippen LogP contribution in [0.1, 0.15) is 31.0 Å². The van der Waals surface area contributed by atoms with Crippen LogP contribution in [0.15, 0.2) is 71.6 Å². The van der Waals surface area contributed by atoms with E-state index in [9.17, 15) is 4.79 Å². The smallest absolute Gasteiger partial charge is 0.263 e. The van der Waals surface area contributed by atoms with Gasteiger partial charge in [0, 0.05) is 11.4 Å². The molecule has 130 valence electrons. The molecule has 1 aliphatic rings. The quantitative estimate of drug-likeness (QED) is 0.596. The highest BCUT2D eigenvalue weighted by Gasteiger charge is 2.15. The molecule has 1 aliphatic carbocycles. The van der Waals surface area contributed by atoms with E-state index in [2.05, 4.69) is 68.5 Å². The van der Waals surface area contributed by atoms with Crippen molar-refractivity contribution < 1.29 is 0 Å². The third kappa shape index (κ3) is 2.82. The van der Waals surface area contributed by atoms with Gasteiger partial charge in [-0.2, -0.15) is 0 Å². The van der Waals surface area contributed by atoms with Crippen LogP contribution in [0.5, 0.6) is 0 Å². The minimum atomic E-state index is 0.0780. The Morgan fingerprint density at radius 1 is 1.04 bits per heavy atom. The van der Waals surface area contributed by atoms with Crippen LogP contribution in [0.25, 0.3) is 27.6 Å². The molecule has 26 heavy (non-hydrogen) atoms. The number of pyridine rings is 1. The Bertz CT molecular complexity index is 1100. The van der Waals surface area contributed by atoms with Crippen LogP contribution in [0.2, 0.25) is 0 Å².